The van der Waals surface area contributed by atoms with E-state index in [0.29, 0.717) is 17.9 Å². The van der Waals surface area contributed by atoms with E-state index in [-0.39, 0.29) is 42.5 Å². The lowest BCUT2D eigenvalue weighted by Crippen LogP contribution is -2.46. The second-order valence-corrected chi connectivity index (χ2v) is 8.30. The average Bonchev–Trinajstić information content (AvgIpc) is 3.10. The maximum atomic E-state index is 12.0. The van der Waals surface area contributed by atoms with Crippen LogP contribution < -0.4 is 10.6 Å². The molecular formula is C22H38IN5O. The van der Waals surface area contributed by atoms with Crippen LogP contribution in [0.1, 0.15) is 45.2 Å². The van der Waals surface area contributed by atoms with Crippen molar-refractivity contribution in [2.24, 2.45) is 10.9 Å². The summed E-state index contributed by atoms with van der Waals surface area (Å²) in [5.41, 5.74) is 1.19. The van der Waals surface area contributed by atoms with Crippen LogP contribution in [0, 0.1) is 5.92 Å². The molecule has 1 fully saturated rings. The molecule has 0 aromatic heterocycles. The molecule has 2 rings (SSSR count). The molecule has 1 aromatic rings. The Kier molecular flexibility index (Phi) is 11.6. The standard InChI is InChI=1S/C22H37N5O.HI/c1-17(2)16-27-13-9-12-20(27)14-23-22(24-15-21(28)26(4)5)25-18(3)19-10-7-6-8-11-19;/h6-8,10-11,17-18,20H,9,12-16H2,1-5H3,(H2,23,24,25);1H/t18?,20-;/m1./s1. The van der Waals surface area contributed by atoms with Crippen molar-refractivity contribution in [1.29, 1.82) is 0 Å². The minimum Gasteiger partial charge on any atom is -0.355 e. The number of carbonyl (C=O) groups excluding carboxylic acids is 1. The molecular weight excluding hydrogens is 477 g/mol. The molecule has 1 aliphatic rings. The minimum atomic E-state index is -0.00392. The van der Waals surface area contributed by atoms with Gasteiger partial charge in [-0.2, -0.15) is 0 Å². The lowest BCUT2D eigenvalue weighted by atomic mass is 10.1. The molecule has 0 saturated carbocycles. The van der Waals surface area contributed by atoms with Crippen LogP contribution in [-0.4, -0.2) is 68.0 Å². The van der Waals surface area contributed by atoms with Gasteiger partial charge in [0.05, 0.1) is 6.04 Å². The number of likely N-dealkylation sites (tertiary alicyclic amines) is 1. The number of rotatable bonds is 8. The number of aliphatic imine (C=N–C) groups is 1. The molecule has 6 nitrogen and oxygen atoms in total. The number of carbonyl (C=O) groups is 1. The maximum absolute atomic E-state index is 12.0. The average molecular weight is 515 g/mol. The van der Waals surface area contributed by atoms with Crippen LogP contribution in [0.5, 0.6) is 0 Å². The van der Waals surface area contributed by atoms with Gasteiger partial charge in [0.25, 0.3) is 0 Å². The van der Waals surface area contributed by atoms with Gasteiger partial charge in [-0.05, 0) is 37.8 Å². The zero-order chi connectivity index (χ0) is 20.5. The molecule has 0 bridgehead atoms. The molecule has 0 aliphatic carbocycles. The van der Waals surface area contributed by atoms with Crippen molar-refractivity contribution in [2.75, 3.05) is 40.3 Å². The van der Waals surface area contributed by atoms with Crippen LogP contribution in [0.2, 0.25) is 0 Å². The number of nitrogens with zero attached hydrogens (tertiary/aromatic N) is 3. The lowest BCUT2D eigenvalue weighted by molar-refractivity contribution is -0.127. The topological polar surface area (TPSA) is 60.0 Å². The molecule has 1 saturated heterocycles. The number of halogens is 1. The smallest absolute Gasteiger partial charge is 0.243 e. The summed E-state index contributed by atoms with van der Waals surface area (Å²) in [5.74, 6) is 1.36. The van der Waals surface area contributed by atoms with Crippen molar-refractivity contribution in [1.82, 2.24) is 20.4 Å². The number of guanidine groups is 1. The first-order valence-electron chi connectivity index (χ1n) is 10.4. The van der Waals surface area contributed by atoms with Crippen LogP contribution in [0.15, 0.2) is 35.3 Å². The highest BCUT2D eigenvalue weighted by molar-refractivity contribution is 14.0. The highest BCUT2D eigenvalue weighted by atomic mass is 127. The predicted molar refractivity (Wildman–Crippen MR) is 132 cm³/mol. The fraction of sp³-hybridized carbons (Fsp3) is 0.636. The van der Waals surface area contributed by atoms with E-state index in [9.17, 15) is 4.79 Å². The molecule has 29 heavy (non-hydrogen) atoms. The third-order valence-corrected chi connectivity index (χ3v) is 5.13. The Hall–Kier alpha value is -1.35. The fourth-order valence-corrected chi connectivity index (χ4v) is 3.52. The zero-order valence-corrected chi connectivity index (χ0v) is 20.8. The van der Waals surface area contributed by atoms with Gasteiger partial charge in [-0.15, -0.1) is 24.0 Å². The van der Waals surface area contributed by atoms with E-state index in [2.05, 4.69) is 53.4 Å². The number of amides is 1. The Morgan fingerprint density at radius 3 is 2.55 bits per heavy atom. The number of hydrogen-bond donors (Lipinski definition) is 2. The Labute approximate surface area is 193 Å². The van der Waals surface area contributed by atoms with Crippen LogP contribution in [-0.2, 0) is 4.79 Å². The monoisotopic (exact) mass is 515 g/mol. The maximum Gasteiger partial charge on any atom is 0.243 e. The van der Waals surface area contributed by atoms with E-state index in [1.807, 2.05) is 18.2 Å². The van der Waals surface area contributed by atoms with E-state index >= 15 is 0 Å². The molecule has 1 heterocycles. The van der Waals surface area contributed by atoms with Crippen molar-refractivity contribution >= 4 is 35.8 Å². The van der Waals surface area contributed by atoms with Crippen molar-refractivity contribution in [3.05, 3.63) is 35.9 Å². The van der Waals surface area contributed by atoms with Gasteiger partial charge in [0.1, 0.15) is 6.54 Å². The summed E-state index contributed by atoms with van der Waals surface area (Å²) < 4.78 is 0. The summed E-state index contributed by atoms with van der Waals surface area (Å²) in [5, 5.41) is 6.94. The van der Waals surface area contributed by atoms with Gasteiger partial charge in [-0.25, -0.2) is 4.99 Å². The summed E-state index contributed by atoms with van der Waals surface area (Å²) >= 11 is 0. The molecule has 7 heteroatoms. The Morgan fingerprint density at radius 1 is 1.24 bits per heavy atom. The first-order chi connectivity index (χ1) is 13.4. The highest BCUT2D eigenvalue weighted by Gasteiger charge is 2.25. The van der Waals surface area contributed by atoms with E-state index < -0.39 is 0 Å². The molecule has 2 N–H and O–H groups in total. The first kappa shape index (κ1) is 25.7. The van der Waals surface area contributed by atoms with Crippen molar-refractivity contribution in [2.45, 2.75) is 45.7 Å². The summed E-state index contributed by atoms with van der Waals surface area (Å²) in [7, 11) is 3.51. The van der Waals surface area contributed by atoms with Crippen molar-refractivity contribution in [3.63, 3.8) is 0 Å². The summed E-state index contributed by atoms with van der Waals surface area (Å²) in [6.07, 6.45) is 2.45. The SMILES string of the molecule is CC(C)CN1CCC[C@@H]1CNC(=NCC(=O)N(C)C)NC(C)c1ccccc1.I. The zero-order valence-electron chi connectivity index (χ0n) is 18.5. The largest absolute Gasteiger partial charge is 0.355 e. The quantitative estimate of drug-likeness (QED) is 0.318. The van der Waals surface area contributed by atoms with E-state index in [1.54, 1.807) is 19.0 Å². The molecule has 1 aliphatic heterocycles. The second-order valence-electron chi connectivity index (χ2n) is 8.30. The molecule has 1 unspecified atom stereocenters. The molecule has 0 radical (unpaired) electrons. The number of benzene rings is 1. The van der Waals surface area contributed by atoms with E-state index in [1.165, 1.54) is 24.9 Å². The number of likely N-dealkylation sites (N-methyl/N-ethyl adjacent to an activating group) is 1. The normalized spacial score (nSPS) is 18.3. The second kappa shape index (κ2) is 13.1. The molecule has 1 amide bonds. The van der Waals surface area contributed by atoms with Gasteiger partial charge >= 0.3 is 0 Å². The van der Waals surface area contributed by atoms with E-state index in [4.69, 9.17) is 0 Å². The van der Waals surface area contributed by atoms with Crippen molar-refractivity contribution in [3.8, 4) is 0 Å². The van der Waals surface area contributed by atoms with Crippen LogP contribution in [0.25, 0.3) is 0 Å². The van der Waals surface area contributed by atoms with E-state index in [0.717, 1.165) is 13.1 Å². The van der Waals surface area contributed by atoms with Crippen molar-refractivity contribution < 1.29 is 4.79 Å². The summed E-state index contributed by atoms with van der Waals surface area (Å²) in [4.78, 5) is 20.7. The number of hydrogen-bond acceptors (Lipinski definition) is 3. The van der Waals surface area contributed by atoms with Crippen LogP contribution in [0.4, 0.5) is 0 Å². The molecule has 1 aromatic carbocycles. The minimum absolute atomic E-state index is 0. The van der Waals surface area contributed by atoms with Gasteiger partial charge in [0.2, 0.25) is 5.91 Å². The van der Waals surface area contributed by atoms with Crippen LogP contribution >= 0.6 is 24.0 Å². The Bertz CT molecular complexity index is 635. The third-order valence-electron chi connectivity index (χ3n) is 5.13. The van der Waals surface area contributed by atoms with Crippen LogP contribution in [0.3, 0.4) is 0 Å². The first-order valence-corrected chi connectivity index (χ1v) is 10.4. The number of nitrogens with one attached hydrogen (secondary N) is 2. The lowest BCUT2D eigenvalue weighted by Gasteiger charge is -2.27. The summed E-state index contributed by atoms with van der Waals surface area (Å²) in [6, 6.07) is 10.9. The highest BCUT2D eigenvalue weighted by Crippen LogP contribution is 2.18. The van der Waals surface area contributed by atoms with Gasteiger partial charge in [0, 0.05) is 33.2 Å². The third kappa shape index (κ3) is 8.90. The molecule has 2 atom stereocenters. The Balaban J connectivity index is 0.00000420. The van der Waals surface area contributed by atoms with Gasteiger partial charge in [0.15, 0.2) is 5.96 Å². The summed E-state index contributed by atoms with van der Waals surface area (Å²) in [6.45, 7) is 9.94. The van der Waals surface area contributed by atoms with Gasteiger partial charge in [-0.1, -0.05) is 44.2 Å². The van der Waals surface area contributed by atoms with Gasteiger partial charge in [-0.3, -0.25) is 9.69 Å². The fourth-order valence-electron chi connectivity index (χ4n) is 3.52. The predicted octanol–water partition coefficient (Wildman–Crippen LogP) is 3.11. The van der Waals surface area contributed by atoms with Gasteiger partial charge < -0.3 is 15.5 Å². The molecule has 0 spiro atoms. The Morgan fingerprint density at radius 2 is 1.93 bits per heavy atom. The molecule has 164 valence electrons.